The van der Waals surface area contributed by atoms with E-state index >= 15 is 0 Å². The van der Waals surface area contributed by atoms with E-state index in [1.165, 1.54) is 4.57 Å². The predicted molar refractivity (Wildman–Crippen MR) is 107 cm³/mol. The average Bonchev–Trinajstić information content (AvgIpc) is 2.73. The second-order valence-electron chi connectivity index (χ2n) is 6.28. The number of nitrogens with one attached hydrogen (secondary N) is 1. The van der Waals surface area contributed by atoms with Gasteiger partial charge in [-0.05, 0) is 36.4 Å². The summed E-state index contributed by atoms with van der Waals surface area (Å²) >= 11 is 0. The van der Waals surface area contributed by atoms with Gasteiger partial charge >= 0.3 is 0 Å². The van der Waals surface area contributed by atoms with Gasteiger partial charge in [0.1, 0.15) is 23.9 Å². The van der Waals surface area contributed by atoms with E-state index in [9.17, 15) is 9.59 Å². The molecule has 0 saturated carbocycles. The van der Waals surface area contributed by atoms with Crippen LogP contribution in [0.25, 0.3) is 10.9 Å². The molecule has 7 nitrogen and oxygen atoms in total. The molecule has 3 rings (SSSR count). The van der Waals surface area contributed by atoms with Crippen LogP contribution in [0.2, 0.25) is 0 Å². The van der Waals surface area contributed by atoms with Crippen molar-refractivity contribution in [1.82, 2.24) is 14.9 Å². The molecule has 1 N–H and O–H groups in total. The quantitative estimate of drug-likeness (QED) is 0.604. The first-order chi connectivity index (χ1) is 13.6. The monoisotopic (exact) mass is 381 g/mol. The van der Waals surface area contributed by atoms with Crippen LogP contribution in [0.15, 0.2) is 53.3 Å². The Balaban J connectivity index is 1.47. The number of carbonyl (C=O) groups is 1. The Morgan fingerprint density at radius 2 is 1.82 bits per heavy atom. The third kappa shape index (κ3) is 4.68. The molecule has 1 aromatic heterocycles. The van der Waals surface area contributed by atoms with Crippen LogP contribution in [0.3, 0.4) is 0 Å². The fraction of sp³-hybridized carbons (Fsp3) is 0.286. The second-order valence-corrected chi connectivity index (χ2v) is 6.28. The summed E-state index contributed by atoms with van der Waals surface area (Å²) in [7, 11) is 3.29. The van der Waals surface area contributed by atoms with Crippen LogP contribution in [0, 0.1) is 0 Å². The van der Waals surface area contributed by atoms with Gasteiger partial charge in [0.25, 0.3) is 5.56 Å². The van der Waals surface area contributed by atoms with Gasteiger partial charge in [-0.25, -0.2) is 4.98 Å². The Hall–Kier alpha value is -3.35. The third-order valence-corrected chi connectivity index (χ3v) is 4.40. The van der Waals surface area contributed by atoms with Gasteiger partial charge in [-0.15, -0.1) is 0 Å². The zero-order valence-electron chi connectivity index (χ0n) is 16.0. The maximum absolute atomic E-state index is 12.4. The standard InChI is InChI=1S/C21H23N3O4/c1-24-19(23-18-6-4-3-5-17(18)21(24)26)11-12-20(25)22-13-14-28-16-9-7-15(27-2)8-10-16/h3-10H,11-14H2,1-2H3,(H,22,25). The molecule has 0 saturated heterocycles. The SMILES string of the molecule is COc1ccc(OCCNC(=O)CCc2nc3ccccc3c(=O)n2C)cc1. The van der Waals surface area contributed by atoms with Crippen molar-refractivity contribution >= 4 is 16.8 Å². The van der Waals surface area contributed by atoms with E-state index in [0.29, 0.717) is 42.0 Å². The Morgan fingerprint density at radius 1 is 1.11 bits per heavy atom. The minimum atomic E-state index is -0.110. The molecular formula is C21H23N3O4. The van der Waals surface area contributed by atoms with Crippen LogP contribution in [0.5, 0.6) is 11.5 Å². The molecule has 0 aliphatic carbocycles. The van der Waals surface area contributed by atoms with E-state index in [4.69, 9.17) is 9.47 Å². The molecule has 0 aliphatic heterocycles. The largest absolute Gasteiger partial charge is 0.497 e. The average molecular weight is 381 g/mol. The molecule has 0 aliphatic rings. The van der Waals surface area contributed by atoms with Gasteiger partial charge in [0, 0.05) is 19.9 Å². The van der Waals surface area contributed by atoms with Crippen LogP contribution in [0.1, 0.15) is 12.2 Å². The van der Waals surface area contributed by atoms with Crippen LogP contribution >= 0.6 is 0 Å². The van der Waals surface area contributed by atoms with Gasteiger partial charge in [-0.2, -0.15) is 0 Å². The molecule has 1 amide bonds. The van der Waals surface area contributed by atoms with E-state index in [0.717, 1.165) is 5.75 Å². The third-order valence-electron chi connectivity index (χ3n) is 4.40. The first-order valence-electron chi connectivity index (χ1n) is 9.06. The lowest BCUT2D eigenvalue weighted by Gasteiger charge is -2.10. The van der Waals surface area contributed by atoms with Crippen LogP contribution in [-0.2, 0) is 18.3 Å². The molecule has 0 fully saturated rings. The van der Waals surface area contributed by atoms with E-state index in [1.807, 2.05) is 36.4 Å². The van der Waals surface area contributed by atoms with Crippen molar-refractivity contribution in [2.75, 3.05) is 20.3 Å². The molecule has 0 atom stereocenters. The number of nitrogens with zero attached hydrogens (tertiary/aromatic N) is 2. The van der Waals surface area contributed by atoms with Crippen molar-refractivity contribution in [2.45, 2.75) is 12.8 Å². The van der Waals surface area contributed by atoms with Gasteiger partial charge < -0.3 is 14.8 Å². The maximum atomic E-state index is 12.4. The summed E-state index contributed by atoms with van der Waals surface area (Å²) in [4.78, 5) is 29.0. The Bertz CT molecular complexity index is 1010. The number of hydrogen-bond donors (Lipinski definition) is 1. The molecule has 0 bridgehead atoms. The number of carbonyl (C=O) groups excluding carboxylic acids is 1. The molecule has 1 heterocycles. The predicted octanol–water partition coefficient (Wildman–Crippen LogP) is 2.07. The van der Waals surface area contributed by atoms with Crippen LogP contribution in [0.4, 0.5) is 0 Å². The number of para-hydroxylation sites is 1. The Labute approximate surface area is 162 Å². The summed E-state index contributed by atoms with van der Waals surface area (Å²) in [6, 6.07) is 14.5. The minimum absolute atomic E-state index is 0.103. The summed E-state index contributed by atoms with van der Waals surface area (Å²) < 4.78 is 12.2. The topological polar surface area (TPSA) is 82.5 Å². The van der Waals surface area contributed by atoms with Gasteiger partial charge in [-0.1, -0.05) is 12.1 Å². The number of aryl methyl sites for hydroxylation is 1. The number of hydrogen-bond acceptors (Lipinski definition) is 5. The lowest BCUT2D eigenvalue weighted by atomic mass is 10.2. The number of aromatic nitrogens is 2. The Kier molecular flexibility index (Phi) is 6.26. The lowest BCUT2D eigenvalue weighted by Crippen LogP contribution is -2.29. The van der Waals surface area contributed by atoms with Crippen molar-refractivity contribution in [3.63, 3.8) is 0 Å². The zero-order valence-corrected chi connectivity index (χ0v) is 16.0. The smallest absolute Gasteiger partial charge is 0.261 e. The highest BCUT2D eigenvalue weighted by molar-refractivity contribution is 5.78. The molecule has 0 radical (unpaired) electrons. The highest BCUT2D eigenvalue weighted by Gasteiger charge is 2.10. The van der Waals surface area contributed by atoms with E-state index in [2.05, 4.69) is 10.3 Å². The second kappa shape index (κ2) is 9.03. The fourth-order valence-corrected chi connectivity index (χ4v) is 2.83. The first kappa shape index (κ1) is 19.4. The van der Waals surface area contributed by atoms with Crippen molar-refractivity contribution in [2.24, 2.45) is 7.05 Å². The summed E-state index contributed by atoms with van der Waals surface area (Å²) in [5.41, 5.74) is 0.544. The molecule has 7 heteroatoms. The molecule has 146 valence electrons. The van der Waals surface area contributed by atoms with Crippen LogP contribution < -0.4 is 20.3 Å². The summed E-state index contributed by atoms with van der Waals surface area (Å²) in [5, 5.41) is 3.39. The van der Waals surface area contributed by atoms with Crippen molar-refractivity contribution in [3.8, 4) is 11.5 Å². The molecule has 28 heavy (non-hydrogen) atoms. The number of rotatable bonds is 8. The number of methoxy groups -OCH3 is 1. The van der Waals surface area contributed by atoms with E-state index in [-0.39, 0.29) is 17.9 Å². The molecule has 0 unspecified atom stereocenters. The minimum Gasteiger partial charge on any atom is -0.497 e. The number of benzene rings is 2. The van der Waals surface area contributed by atoms with Crippen LogP contribution in [-0.4, -0.2) is 35.7 Å². The Morgan fingerprint density at radius 3 is 2.57 bits per heavy atom. The number of amides is 1. The number of ether oxygens (including phenoxy) is 2. The van der Waals surface area contributed by atoms with Crippen molar-refractivity contribution in [1.29, 1.82) is 0 Å². The zero-order chi connectivity index (χ0) is 19.9. The highest BCUT2D eigenvalue weighted by Crippen LogP contribution is 2.16. The van der Waals surface area contributed by atoms with Gasteiger partial charge in [-0.3, -0.25) is 14.2 Å². The molecule has 2 aromatic carbocycles. The summed E-state index contributed by atoms with van der Waals surface area (Å²) in [6.07, 6.45) is 0.642. The first-order valence-corrected chi connectivity index (χ1v) is 9.06. The molecule has 3 aromatic rings. The van der Waals surface area contributed by atoms with Gasteiger partial charge in [0.2, 0.25) is 5.91 Å². The summed E-state index contributed by atoms with van der Waals surface area (Å²) in [6.45, 7) is 0.764. The lowest BCUT2D eigenvalue weighted by molar-refractivity contribution is -0.121. The van der Waals surface area contributed by atoms with E-state index in [1.54, 1.807) is 26.3 Å². The molecule has 0 spiro atoms. The van der Waals surface area contributed by atoms with Crippen molar-refractivity contribution in [3.05, 3.63) is 64.7 Å². The fourth-order valence-electron chi connectivity index (χ4n) is 2.83. The maximum Gasteiger partial charge on any atom is 0.261 e. The van der Waals surface area contributed by atoms with Gasteiger partial charge in [0.15, 0.2) is 0 Å². The number of fused-ring (bicyclic) bond motifs is 1. The van der Waals surface area contributed by atoms with E-state index < -0.39 is 0 Å². The summed E-state index contributed by atoms with van der Waals surface area (Å²) in [5.74, 6) is 1.96. The molecular weight excluding hydrogens is 358 g/mol. The highest BCUT2D eigenvalue weighted by atomic mass is 16.5. The normalized spacial score (nSPS) is 10.6. The van der Waals surface area contributed by atoms with Gasteiger partial charge in [0.05, 0.1) is 24.6 Å². The van der Waals surface area contributed by atoms with Crippen molar-refractivity contribution < 1.29 is 14.3 Å².